The van der Waals surface area contributed by atoms with Crippen molar-refractivity contribution in [2.24, 2.45) is 0 Å². The first-order chi connectivity index (χ1) is 8.99. The van der Waals surface area contributed by atoms with Crippen LogP contribution in [0.4, 0.5) is 14.9 Å². The first kappa shape index (κ1) is 14.3. The number of urea groups is 1. The third kappa shape index (κ3) is 3.25. The minimum Gasteiger partial charge on any atom is -0.322 e. The van der Waals surface area contributed by atoms with E-state index in [-0.39, 0.29) is 11.8 Å². The van der Waals surface area contributed by atoms with Crippen LogP contribution in [0, 0.1) is 12.7 Å². The van der Waals surface area contributed by atoms with E-state index >= 15 is 0 Å². The van der Waals surface area contributed by atoms with Gasteiger partial charge in [0.25, 0.3) is 0 Å². The number of benzene rings is 1. The average molecular weight is 330 g/mol. The summed E-state index contributed by atoms with van der Waals surface area (Å²) in [5, 5.41) is 2.77. The zero-order valence-corrected chi connectivity index (χ0v) is 12.6. The highest BCUT2D eigenvalue weighted by Crippen LogP contribution is 2.25. The molecule has 0 aromatic heterocycles. The molecule has 0 radical (unpaired) electrons. The summed E-state index contributed by atoms with van der Waals surface area (Å²) in [7, 11) is 2.03. The van der Waals surface area contributed by atoms with Crippen LogP contribution in [0.15, 0.2) is 16.6 Å². The summed E-state index contributed by atoms with van der Waals surface area (Å²) in [4.78, 5) is 16.0. The summed E-state index contributed by atoms with van der Waals surface area (Å²) in [5.41, 5.74) is 0.960. The van der Waals surface area contributed by atoms with E-state index in [9.17, 15) is 9.18 Å². The predicted octanol–water partition coefficient (Wildman–Crippen LogP) is 2.68. The van der Waals surface area contributed by atoms with Gasteiger partial charge in [0, 0.05) is 37.4 Å². The minimum atomic E-state index is -0.337. The van der Waals surface area contributed by atoms with Crippen LogP contribution in [0.5, 0.6) is 0 Å². The Bertz CT molecular complexity index is 487. The summed E-state index contributed by atoms with van der Waals surface area (Å²) in [6.45, 7) is 4.77. The fourth-order valence-electron chi connectivity index (χ4n) is 1.99. The summed E-state index contributed by atoms with van der Waals surface area (Å²) >= 11 is 3.13. The van der Waals surface area contributed by atoms with Gasteiger partial charge in [0.2, 0.25) is 0 Å². The zero-order chi connectivity index (χ0) is 14.0. The molecule has 1 aromatic carbocycles. The lowest BCUT2D eigenvalue weighted by atomic mass is 10.2. The standard InChI is InChI=1S/C13H17BrFN3O/c1-9-11(4-3-10(14)12(9)15)16-13(19)18-7-5-17(2)6-8-18/h3-4H,5-8H2,1-2H3,(H,16,19). The van der Waals surface area contributed by atoms with Crippen LogP contribution in [-0.4, -0.2) is 49.1 Å². The molecule has 0 aliphatic carbocycles. The van der Waals surface area contributed by atoms with E-state index in [0.29, 0.717) is 28.8 Å². The third-order valence-electron chi connectivity index (χ3n) is 3.37. The number of nitrogens with zero attached hydrogens (tertiary/aromatic N) is 2. The highest BCUT2D eigenvalue weighted by Gasteiger charge is 2.20. The van der Waals surface area contributed by atoms with Crippen LogP contribution < -0.4 is 5.32 Å². The molecule has 0 atom stereocenters. The van der Waals surface area contributed by atoms with Crippen molar-refractivity contribution in [3.63, 3.8) is 0 Å². The number of carbonyl (C=O) groups excluding carboxylic acids is 1. The molecule has 19 heavy (non-hydrogen) atoms. The normalized spacial score (nSPS) is 16.5. The summed E-state index contributed by atoms with van der Waals surface area (Å²) in [5.74, 6) is -0.337. The fourth-order valence-corrected chi connectivity index (χ4v) is 2.42. The Hall–Kier alpha value is -1.14. The number of halogens is 2. The monoisotopic (exact) mass is 329 g/mol. The molecule has 1 heterocycles. The molecule has 0 saturated carbocycles. The molecule has 0 unspecified atom stereocenters. The van der Waals surface area contributed by atoms with E-state index < -0.39 is 0 Å². The summed E-state index contributed by atoms with van der Waals surface area (Å²) in [6, 6.07) is 3.14. The maximum atomic E-state index is 13.7. The number of amides is 2. The van der Waals surface area contributed by atoms with Gasteiger partial charge < -0.3 is 15.1 Å². The smallest absolute Gasteiger partial charge is 0.321 e. The Morgan fingerprint density at radius 3 is 2.58 bits per heavy atom. The van der Waals surface area contributed by atoms with E-state index in [1.165, 1.54) is 0 Å². The van der Waals surface area contributed by atoms with Gasteiger partial charge in [0.05, 0.1) is 4.47 Å². The minimum absolute atomic E-state index is 0.169. The molecular weight excluding hydrogens is 313 g/mol. The van der Waals surface area contributed by atoms with Crippen LogP contribution in [-0.2, 0) is 0 Å². The van der Waals surface area contributed by atoms with Gasteiger partial charge in [-0.3, -0.25) is 0 Å². The van der Waals surface area contributed by atoms with Crippen LogP contribution in [0.3, 0.4) is 0 Å². The number of piperazine rings is 1. The van der Waals surface area contributed by atoms with Crippen LogP contribution in [0.25, 0.3) is 0 Å². The van der Waals surface area contributed by atoms with E-state index in [4.69, 9.17) is 0 Å². The summed E-state index contributed by atoms with van der Waals surface area (Å²) < 4.78 is 14.1. The van der Waals surface area contributed by atoms with Crippen LogP contribution >= 0.6 is 15.9 Å². The van der Waals surface area contributed by atoms with Gasteiger partial charge in [0.15, 0.2) is 0 Å². The van der Waals surface area contributed by atoms with Gasteiger partial charge in [-0.05, 0) is 42.0 Å². The van der Waals surface area contributed by atoms with Gasteiger partial charge in [-0.15, -0.1) is 0 Å². The fraction of sp³-hybridized carbons (Fsp3) is 0.462. The topological polar surface area (TPSA) is 35.6 Å². The van der Waals surface area contributed by atoms with Crippen molar-refractivity contribution in [1.82, 2.24) is 9.80 Å². The molecule has 1 fully saturated rings. The van der Waals surface area contributed by atoms with Gasteiger partial charge in [-0.1, -0.05) is 0 Å². The third-order valence-corrected chi connectivity index (χ3v) is 3.98. The maximum Gasteiger partial charge on any atom is 0.321 e. The highest BCUT2D eigenvalue weighted by molar-refractivity contribution is 9.10. The Morgan fingerprint density at radius 1 is 1.32 bits per heavy atom. The van der Waals surface area contributed by atoms with Crippen LogP contribution in [0.1, 0.15) is 5.56 Å². The molecule has 6 heteroatoms. The number of carbonyl (C=O) groups is 1. The number of nitrogens with one attached hydrogen (secondary N) is 1. The van der Waals surface area contributed by atoms with Crippen molar-refractivity contribution < 1.29 is 9.18 Å². The molecular formula is C13H17BrFN3O. The lowest BCUT2D eigenvalue weighted by molar-refractivity contribution is 0.164. The van der Waals surface area contributed by atoms with E-state index in [1.54, 1.807) is 24.0 Å². The van der Waals surface area contributed by atoms with Crippen molar-refractivity contribution >= 4 is 27.6 Å². The number of hydrogen-bond acceptors (Lipinski definition) is 2. The van der Waals surface area contributed by atoms with Crippen molar-refractivity contribution in [2.45, 2.75) is 6.92 Å². The van der Waals surface area contributed by atoms with E-state index in [1.807, 2.05) is 7.05 Å². The Labute approximate surface area is 120 Å². The lowest BCUT2D eigenvalue weighted by Crippen LogP contribution is -2.48. The molecule has 0 spiro atoms. The maximum absolute atomic E-state index is 13.7. The van der Waals surface area contributed by atoms with Crippen LogP contribution in [0.2, 0.25) is 0 Å². The lowest BCUT2D eigenvalue weighted by Gasteiger charge is -2.32. The second kappa shape index (κ2) is 5.88. The average Bonchev–Trinajstić information content (AvgIpc) is 2.40. The second-order valence-electron chi connectivity index (χ2n) is 4.75. The number of hydrogen-bond donors (Lipinski definition) is 1. The van der Waals surface area contributed by atoms with E-state index in [0.717, 1.165) is 13.1 Å². The van der Waals surface area contributed by atoms with Crippen molar-refractivity contribution in [1.29, 1.82) is 0 Å². The molecule has 104 valence electrons. The number of anilines is 1. The van der Waals surface area contributed by atoms with E-state index in [2.05, 4.69) is 26.1 Å². The molecule has 1 aliphatic rings. The van der Waals surface area contributed by atoms with Gasteiger partial charge in [0.1, 0.15) is 5.82 Å². The molecule has 4 nitrogen and oxygen atoms in total. The van der Waals surface area contributed by atoms with Crippen molar-refractivity contribution in [3.8, 4) is 0 Å². The molecule has 2 rings (SSSR count). The molecule has 1 N–H and O–H groups in total. The quantitative estimate of drug-likeness (QED) is 0.859. The van der Waals surface area contributed by atoms with Gasteiger partial charge >= 0.3 is 6.03 Å². The largest absolute Gasteiger partial charge is 0.322 e. The summed E-state index contributed by atoms with van der Waals surface area (Å²) in [6.07, 6.45) is 0. The van der Waals surface area contributed by atoms with Crippen molar-refractivity contribution in [3.05, 3.63) is 28.0 Å². The Morgan fingerprint density at radius 2 is 1.95 bits per heavy atom. The second-order valence-corrected chi connectivity index (χ2v) is 5.61. The van der Waals surface area contributed by atoms with Gasteiger partial charge in [-0.25, -0.2) is 9.18 Å². The van der Waals surface area contributed by atoms with Crippen molar-refractivity contribution in [2.75, 3.05) is 38.5 Å². The molecule has 1 saturated heterocycles. The number of rotatable bonds is 1. The first-order valence-corrected chi connectivity index (χ1v) is 6.97. The Kier molecular flexibility index (Phi) is 4.42. The molecule has 0 bridgehead atoms. The number of likely N-dealkylation sites (N-methyl/N-ethyl adjacent to an activating group) is 1. The SMILES string of the molecule is Cc1c(NC(=O)N2CCN(C)CC2)ccc(Br)c1F. The molecule has 1 aromatic rings. The first-order valence-electron chi connectivity index (χ1n) is 6.18. The molecule has 2 amide bonds. The highest BCUT2D eigenvalue weighted by atomic mass is 79.9. The predicted molar refractivity (Wildman–Crippen MR) is 76.9 cm³/mol. The Balaban J connectivity index is 2.05. The van der Waals surface area contributed by atoms with Gasteiger partial charge in [-0.2, -0.15) is 0 Å². The molecule has 1 aliphatic heterocycles. The zero-order valence-electron chi connectivity index (χ0n) is 11.0.